The van der Waals surface area contributed by atoms with Gasteiger partial charge in [-0.05, 0) is 48.4 Å². The molecular formula is C26H25N3O3. The Morgan fingerprint density at radius 2 is 1.75 bits per heavy atom. The van der Waals surface area contributed by atoms with Crippen molar-refractivity contribution in [2.24, 2.45) is 12.1 Å². The van der Waals surface area contributed by atoms with Crippen molar-refractivity contribution < 1.29 is 14.3 Å². The van der Waals surface area contributed by atoms with Crippen LogP contribution in [0.5, 0.6) is 11.5 Å². The Morgan fingerprint density at radius 1 is 0.969 bits per heavy atom. The average molecular weight is 428 g/mol. The highest BCUT2D eigenvalue weighted by Gasteiger charge is 2.12. The Labute approximate surface area is 187 Å². The molecule has 0 saturated carbocycles. The predicted molar refractivity (Wildman–Crippen MR) is 126 cm³/mol. The van der Waals surface area contributed by atoms with E-state index in [9.17, 15) is 4.79 Å². The smallest absolute Gasteiger partial charge is 0.287 e. The Balaban J connectivity index is 1.44. The molecule has 6 nitrogen and oxygen atoms in total. The van der Waals surface area contributed by atoms with Crippen molar-refractivity contribution in [3.05, 3.63) is 95.7 Å². The first-order valence-corrected chi connectivity index (χ1v) is 10.5. The van der Waals surface area contributed by atoms with Gasteiger partial charge in [0.15, 0.2) is 11.5 Å². The van der Waals surface area contributed by atoms with Crippen LogP contribution in [0.25, 0.3) is 10.9 Å². The molecule has 1 amide bonds. The standard InChI is InChI=1S/C26H25N3O3/c1-3-31-25-15-20(13-14-24(25)32-18-19-9-5-4-6-10-19)17-27-28-26(30)23-16-21-11-7-8-12-22(21)29(23)2/h4-17H,3,18H2,1-2H3,(H,28,30)/b27-17+. The summed E-state index contributed by atoms with van der Waals surface area (Å²) in [7, 11) is 1.86. The molecule has 0 atom stereocenters. The second-order valence-corrected chi connectivity index (χ2v) is 7.26. The number of aromatic nitrogens is 1. The minimum absolute atomic E-state index is 0.271. The summed E-state index contributed by atoms with van der Waals surface area (Å²) in [5.41, 5.74) is 6.01. The van der Waals surface area contributed by atoms with Crippen LogP contribution < -0.4 is 14.9 Å². The number of carbonyl (C=O) groups excluding carboxylic acids is 1. The fraction of sp³-hybridized carbons (Fsp3) is 0.154. The van der Waals surface area contributed by atoms with Crippen LogP contribution in [0, 0.1) is 0 Å². The number of carbonyl (C=O) groups is 1. The number of nitrogens with zero attached hydrogens (tertiary/aromatic N) is 2. The lowest BCUT2D eigenvalue weighted by molar-refractivity contribution is 0.0947. The van der Waals surface area contributed by atoms with Gasteiger partial charge in [-0.2, -0.15) is 5.10 Å². The summed E-state index contributed by atoms with van der Waals surface area (Å²) < 4.78 is 13.5. The molecule has 0 fully saturated rings. The van der Waals surface area contributed by atoms with Crippen LogP contribution in [-0.4, -0.2) is 23.3 Å². The van der Waals surface area contributed by atoms with E-state index in [2.05, 4.69) is 10.5 Å². The lowest BCUT2D eigenvalue weighted by Gasteiger charge is -2.12. The predicted octanol–water partition coefficient (Wildman–Crippen LogP) is 4.92. The van der Waals surface area contributed by atoms with Crippen molar-refractivity contribution in [2.45, 2.75) is 13.5 Å². The van der Waals surface area contributed by atoms with E-state index in [4.69, 9.17) is 9.47 Å². The number of para-hydroxylation sites is 1. The van der Waals surface area contributed by atoms with Crippen molar-refractivity contribution >= 4 is 23.0 Å². The van der Waals surface area contributed by atoms with E-state index in [1.807, 2.05) is 97.4 Å². The first-order chi connectivity index (χ1) is 15.7. The topological polar surface area (TPSA) is 64.8 Å². The second-order valence-electron chi connectivity index (χ2n) is 7.26. The van der Waals surface area contributed by atoms with E-state index in [1.54, 1.807) is 6.21 Å². The number of aryl methyl sites for hydroxylation is 1. The highest BCUT2D eigenvalue weighted by Crippen LogP contribution is 2.29. The van der Waals surface area contributed by atoms with E-state index >= 15 is 0 Å². The zero-order chi connectivity index (χ0) is 22.3. The van der Waals surface area contributed by atoms with Gasteiger partial charge in [-0.25, -0.2) is 5.43 Å². The number of ether oxygens (including phenoxy) is 2. The molecule has 0 bridgehead atoms. The van der Waals surface area contributed by atoms with E-state index in [1.165, 1.54) is 0 Å². The molecule has 6 heteroatoms. The molecule has 0 aliphatic rings. The van der Waals surface area contributed by atoms with Gasteiger partial charge in [-0.15, -0.1) is 0 Å². The molecule has 162 valence electrons. The number of hydrogen-bond donors (Lipinski definition) is 1. The lowest BCUT2D eigenvalue weighted by atomic mass is 10.2. The van der Waals surface area contributed by atoms with Gasteiger partial charge in [0, 0.05) is 18.0 Å². The molecule has 1 heterocycles. The van der Waals surface area contributed by atoms with E-state index in [0.717, 1.165) is 22.0 Å². The van der Waals surface area contributed by atoms with Crippen molar-refractivity contribution in [3.63, 3.8) is 0 Å². The van der Waals surface area contributed by atoms with Gasteiger partial charge < -0.3 is 14.0 Å². The van der Waals surface area contributed by atoms with Crippen molar-refractivity contribution in [3.8, 4) is 11.5 Å². The van der Waals surface area contributed by atoms with E-state index in [0.29, 0.717) is 30.4 Å². The molecule has 0 aliphatic heterocycles. The third-order valence-corrected chi connectivity index (χ3v) is 5.07. The summed E-state index contributed by atoms with van der Waals surface area (Å²) in [4.78, 5) is 12.6. The number of hydrazone groups is 1. The largest absolute Gasteiger partial charge is 0.490 e. The Kier molecular flexibility index (Phi) is 6.51. The SMILES string of the molecule is CCOc1cc(/C=N/NC(=O)c2cc3ccccc3n2C)ccc1OCc1ccccc1. The zero-order valence-electron chi connectivity index (χ0n) is 18.1. The third-order valence-electron chi connectivity index (χ3n) is 5.07. The lowest BCUT2D eigenvalue weighted by Crippen LogP contribution is -2.20. The van der Waals surface area contributed by atoms with Gasteiger partial charge in [0.25, 0.3) is 5.91 Å². The van der Waals surface area contributed by atoms with Crippen molar-refractivity contribution in [1.82, 2.24) is 9.99 Å². The first kappa shape index (κ1) is 21.2. The summed E-state index contributed by atoms with van der Waals surface area (Å²) in [5, 5.41) is 5.13. The number of amides is 1. The monoisotopic (exact) mass is 427 g/mol. The molecule has 0 radical (unpaired) electrons. The maximum absolute atomic E-state index is 12.6. The Hall–Kier alpha value is -4.06. The highest BCUT2D eigenvalue weighted by molar-refractivity contribution is 5.99. The molecule has 3 aromatic carbocycles. The van der Waals surface area contributed by atoms with E-state index in [-0.39, 0.29) is 5.91 Å². The summed E-state index contributed by atoms with van der Waals surface area (Å²) >= 11 is 0. The van der Waals surface area contributed by atoms with Crippen LogP contribution in [0.15, 0.2) is 84.0 Å². The first-order valence-electron chi connectivity index (χ1n) is 10.5. The maximum atomic E-state index is 12.6. The van der Waals surface area contributed by atoms with Gasteiger partial charge in [0.2, 0.25) is 0 Å². The van der Waals surface area contributed by atoms with Gasteiger partial charge in [-0.3, -0.25) is 4.79 Å². The van der Waals surface area contributed by atoms with Crippen LogP contribution in [-0.2, 0) is 13.7 Å². The van der Waals surface area contributed by atoms with E-state index < -0.39 is 0 Å². The average Bonchev–Trinajstić information content (AvgIpc) is 3.16. The molecule has 0 aliphatic carbocycles. The van der Waals surface area contributed by atoms with Crippen LogP contribution >= 0.6 is 0 Å². The fourth-order valence-corrected chi connectivity index (χ4v) is 3.46. The van der Waals surface area contributed by atoms with Gasteiger partial charge in [-0.1, -0.05) is 48.5 Å². The molecule has 1 aromatic heterocycles. The molecule has 4 aromatic rings. The van der Waals surface area contributed by atoms with Crippen molar-refractivity contribution in [1.29, 1.82) is 0 Å². The zero-order valence-corrected chi connectivity index (χ0v) is 18.1. The second kappa shape index (κ2) is 9.83. The highest BCUT2D eigenvalue weighted by atomic mass is 16.5. The van der Waals surface area contributed by atoms with Crippen LogP contribution in [0.1, 0.15) is 28.5 Å². The van der Waals surface area contributed by atoms with Gasteiger partial charge in [0.05, 0.1) is 12.8 Å². The summed E-state index contributed by atoms with van der Waals surface area (Å²) in [6.45, 7) is 2.89. The molecule has 4 rings (SSSR count). The number of fused-ring (bicyclic) bond motifs is 1. The van der Waals surface area contributed by atoms with Crippen LogP contribution in [0.2, 0.25) is 0 Å². The number of rotatable bonds is 8. The molecule has 0 spiro atoms. The summed E-state index contributed by atoms with van der Waals surface area (Å²) in [6, 6.07) is 25.2. The number of hydrogen-bond acceptors (Lipinski definition) is 4. The van der Waals surface area contributed by atoms with Crippen LogP contribution in [0.4, 0.5) is 0 Å². The summed E-state index contributed by atoms with van der Waals surface area (Å²) in [6.07, 6.45) is 1.59. The van der Waals surface area contributed by atoms with Crippen LogP contribution in [0.3, 0.4) is 0 Å². The summed E-state index contributed by atoms with van der Waals surface area (Å²) in [5.74, 6) is 1.02. The quantitative estimate of drug-likeness (QED) is 0.321. The normalized spacial score (nSPS) is 11.1. The van der Waals surface area contributed by atoms with Gasteiger partial charge >= 0.3 is 0 Å². The number of nitrogens with one attached hydrogen (secondary N) is 1. The molecule has 0 unspecified atom stereocenters. The Morgan fingerprint density at radius 3 is 2.53 bits per heavy atom. The molecule has 1 N–H and O–H groups in total. The minimum Gasteiger partial charge on any atom is -0.490 e. The molecule has 0 saturated heterocycles. The molecule has 32 heavy (non-hydrogen) atoms. The van der Waals surface area contributed by atoms with Crippen molar-refractivity contribution in [2.75, 3.05) is 6.61 Å². The van der Waals surface area contributed by atoms with Gasteiger partial charge in [0.1, 0.15) is 12.3 Å². The minimum atomic E-state index is -0.271. The Bertz CT molecular complexity index is 1250. The third kappa shape index (κ3) is 4.81. The number of benzene rings is 3. The maximum Gasteiger partial charge on any atom is 0.287 e. The molecular weight excluding hydrogens is 402 g/mol. The fourth-order valence-electron chi connectivity index (χ4n) is 3.46.